The number of carbonyl (C=O) groups is 3. The van der Waals surface area contributed by atoms with Crippen LogP contribution in [0.1, 0.15) is 25.8 Å². The van der Waals surface area contributed by atoms with E-state index in [0.717, 1.165) is 16.2 Å². The number of urea groups is 1. The van der Waals surface area contributed by atoms with E-state index in [-0.39, 0.29) is 5.57 Å². The lowest BCUT2D eigenvalue weighted by Crippen LogP contribution is -2.57. The first-order valence-electron chi connectivity index (χ1n) is 11.5. The van der Waals surface area contributed by atoms with Gasteiger partial charge >= 0.3 is 6.03 Å². The van der Waals surface area contributed by atoms with Gasteiger partial charge in [0.1, 0.15) is 5.57 Å². The van der Waals surface area contributed by atoms with Gasteiger partial charge in [0.05, 0.1) is 24.6 Å². The highest BCUT2D eigenvalue weighted by Crippen LogP contribution is 2.32. The highest BCUT2D eigenvalue weighted by Gasteiger charge is 2.43. The number of anilines is 2. The number of para-hydroxylation sites is 2. The molecule has 0 spiro atoms. The minimum Gasteiger partial charge on any atom is -0.490 e. The Morgan fingerprint density at radius 1 is 0.714 bits per heavy atom. The highest BCUT2D eigenvalue weighted by atomic mass is 16.5. The van der Waals surface area contributed by atoms with Gasteiger partial charge in [0.2, 0.25) is 0 Å². The number of nitrogens with zero attached hydrogens (tertiary/aromatic N) is 2. The number of carbonyl (C=O) groups excluding carboxylic acids is 3. The largest absolute Gasteiger partial charge is 0.490 e. The lowest BCUT2D eigenvalue weighted by Gasteiger charge is -2.33. The first kappa shape index (κ1) is 23.8. The molecule has 0 saturated carbocycles. The summed E-state index contributed by atoms with van der Waals surface area (Å²) in [5.41, 5.74) is 1.19. The fourth-order valence-corrected chi connectivity index (χ4v) is 3.72. The smallest absolute Gasteiger partial charge is 0.343 e. The molecule has 1 fully saturated rings. The summed E-state index contributed by atoms with van der Waals surface area (Å²) in [7, 11) is 0. The maximum atomic E-state index is 13.5. The summed E-state index contributed by atoms with van der Waals surface area (Å²) in [4.78, 5) is 42.4. The molecule has 35 heavy (non-hydrogen) atoms. The molecule has 0 atom stereocenters. The summed E-state index contributed by atoms with van der Waals surface area (Å²) in [6.45, 7) is 4.85. The second-order valence-electron chi connectivity index (χ2n) is 7.78. The number of rotatable bonds is 8. The van der Waals surface area contributed by atoms with Gasteiger partial charge in [-0.15, -0.1) is 0 Å². The molecule has 4 amide bonds. The summed E-state index contributed by atoms with van der Waals surface area (Å²) in [6.07, 6.45) is 2.33. The first-order chi connectivity index (χ1) is 17.0. The molecule has 1 saturated heterocycles. The van der Waals surface area contributed by atoms with Crippen molar-refractivity contribution in [2.45, 2.75) is 20.3 Å². The molecule has 0 radical (unpaired) electrons. The third kappa shape index (κ3) is 4.94. The van der Waals surface area contributed by atoms with Crippen molar-refractivity contribution in [2.24, 2.45) is 0 Å². The van der Waals surface area contributed by atoms with E-state index in [1.54, 1.807) is 78.9 Å². The fraction of sp³-hybridized carbons (Fsp3) is 0.179. The molecular weight excluding hydrogens is 444 g/mol. The molecule has 0 N–H and O–H groups in total. The quantitative estimate of drug-likeness (QED) is 0.323. The standard InChI is InChI=1S/C28H26N2O5/c1-3-17-35-24-16-15-20(19-25(24)34-4-2)18-23-26(31)29(21-11-7-5-8-12-21)28(33)30(27(23)32)22-13-9-6-10-14-22/h5-16,18-19H,3-4,17H2,1-2H3. The van der Waals surface area contributed by atoms with Crippen molar-refractivity contribution < 1.29 is 23.9 Å². The fourth-order valence-electron chi connectivity index (χ4n) is 3.72. The Bertz CT molecular complexity index is 1190. The molecule has 0 bridgehead atoms. The predicted octanol–water partition coefficient (Wildman–Crippen LogP) is 5.46. The Balaban J connectivity index is 1.80. The van der Waals surface area contributed by atoms with E-state index in [2.05, 4.69) is 0 Å². The molecular formula is C28H26N2O5. The van der Waals surface area contributed by atoms with Crippen molar-refractivity contribution in [2.75, 3.05) is 23.0 Å². The van der Waals surface area contributed by atoms with Gasteiger partial charge in [-0.2, -0.15) is 0 Å². The number of imide groups is 2. The Labute approximate surface area is 204 Å². The zero-order chi connectivity index (χ0) is 24.8. The predicted molar refractivity (Wildman–Crippen MR) is 135 cm³/mol. The average Bonchev–Trinajstić information content (AvgIpc) is 2.87. The molecule has 1 heterocycles. The zero-order valence-corrected chi connectivity index (χ0v) is 19.6. The second-order valence-corrected chi connectivity index (χ2v) is 7.78. The summed E-state index contributed by atoms with van der Waals surface area (Å²) < 4.78 is 11.5. The van der Waals surface area contributed by atoms with E-state index < -0.39 is 17.8 Å². The van der Waals surface area contributed by atoms with Crippen LogP contribution in [0.4, 0.5) is 16.2 Å². The van der Waals surface area contributed by atoms with Gasteiger partial charge in [-0.1, -0.05) is 49.4 Å². The van der Waals surface area contributed by atoms with Gasteiger partial charge in [-0.05, 0) is 61.4 Å². The number of hydrogen-bond donors (Lipinski definition) is 0. The molecule has 1 aliphatic heterocycles. The minimum absolute atomic E-state index is 0.137. The molecule has 7 heteroatoms. The van der Waals surface area contributed by atoms with Crippen molar-refractivity contribution >= 4 is 35.3 Å². The van der Waals surface area contributed by atoms with E-state index in [9.17, 15) is 14.4 Å². The van der Waals surface area contributed by atoms with Gasteiger partial charge in [0, 0.05) is 0 Å². The van der Waals surface area contributed by atoms with Crippen LogP contribution in [0.5, 0.6) is 11.5 Å². The third-order valence-electron chi connectivity index (χ3n) is 5.32. The van der Waals surface area contributed by atoms with Crippen LogP contribution in [-0.2, 0) is 9.59 Å². The van der Waals surface area contributed by atoms with Crippen molar-refractivity contribution in [1.29, 1.82) is 0 Å². The molecule has 1 aliphatic rings. The van der Waals surface area contributed by atoms with Gasteiger partial charge in [0.15, 0.2) is 11.5 Å². The topological polar surface area (TPSA) is 76.2 Å². The van der Waals surface area contributed by atoms with E-state index in [1.165, 1.54) is 6.08 Å². The van der Waals surface area contributed by atoms with Crippen LogP contribution in [0.15, 0.2) is 84.4 Å². The van der Waals surface area contributed by atoms with E-state index in [4.69, 9.17) is 9.47 Å². The lowest BCUT2D eigenvalue weighted by atomic mass is 10.0. The Morgan fingerprint density at radius 3 is 1.80 bits per heavy atom. The Morgan fingerprint density at radius 2 is 1.29 bits per heavy atom. The number of barbiturate groups is 1. The summed E-state index contributed by atoms with van der Waals surface area (Å²) in [5, 5.41) is 0. The molecule has 0 aromatic heterocycles. The molecule has 0 unspecified atom stereocenters. The van der Waals surface area contributed by atoms with Crippen LogP contribution in [0.25, 0.3) is 6.08 Å². The van der Waals surface area contributed by atoms with Crippen molar-refractivity contribution in [3.63, 3.8) is 0 Å². The van der Waals surface area contributed by atoms with Crippen LogP contribution in [0.3, 0.4) is 0 Å². The van der Waals surface area contributed by atoms with Crippen LogP contribution < -0.4 is 19.3 Å². The van der Waals surface area contributed by atoms with Crippen LogP contribution in [0, 0.1) is 0 Å². The minimum atomic E-state index is -0.729. The van der Waals surface area contributed by atoms with Crippen LogP contribution in [-0.4, -0.2) is 31.1 Å². The van der Waals surface area contributed by atoms with Crippen molar-refractivity contribution in [3.05, 3.63) is 90.0 Å². The zero-order valence-electron chi connectivity index (χ0n) is 19.6. The SMILES string of the molecule is CCCOc1ccc(C=C2C(=O)N(c3ccccc3)C(=O)N(c3ccccc3)C2=O)cc1OCC. The second kappa shape index (κ2) is 10.7. The monoisotopic (exact) mass is 470 g/mol. The number of amides is 4. The molecule has 0 aliphatic carbocycles. The number of ether oxygens (including phenoxy) is 2. The van der Waals surface area contributed by atoms with E-state index in [0.29, 0.717) is 41.7 Å². The van der Waals surface area contributed by atoms with Crippen LogP contribution in [0.2, 0.25) is 0 Å². The van der Waals surface area contributed by atoms with Gasteiger partial charge in [-0.25, -0.2) is 14.6 Å². The molecule has 178 valence electrons. The summed E-state index contributed by atoms with van der Waals surface area (Å²) in [5.74, 6) is -0.281. The summed E-state index contributed by atoms with van der Waals surface area (Å²) >= 11 is 0. The molecule has 4 rings (SSSR count). The van der Waals surface area contributed by atoms with Gasteiger partial charge in [0.25, 0.3) is 11.8 Å². The van der Waals surface area contributed by atoms with Gasteiger partial charge in [-0.3, -0.25) is 9.59 Å². The van der Waals surface area contributed by atoms with E-state index >= 15 is 0 Å². The van der Waals surface area contributed by atoms with Crippen LogP contribution >= 0.6 is 0 Å². The maximum absolute atomic E-state index is 13.5. The Kier molecular flexibility index (Phi) is 7.26. The van der Waals surface area contributed by atoms with Crippen molar-refractivity contribution in [3.8, 4) is 11.5 Å². The molecule has 3 aromatic rings. The third-order valence-corrected chi connectivity index (χ3v) is 5.32. The van der Waals surface area contributed by atoms with Gasteiger partial charge < -0.3 is 9.47 Å². The highest BCUT2D eigenvalue weighted by molar-refractivity contribution is 6.46. The number of hydrogen-bond acceptors (Lipinski definition) is 5. The normalized spacial score (nSPS) is 13.8. The van der Waals surface area contributed by atoms with E-state index in [1.807, 2.05) is 13.8 Å². The maximum Gasteiger partial charge on any atom is 0.343 e. The Hall–Kier alpha value is -4.39. The lowest BCUT2D eigenvalue weighted by molar-refractivity contribution is -0.121. The molecule has 3 aromatic carbocycles. The van der Waals surface area contributed by atoms with Crippen molar-refractivity contribution in [1.82, 2.24) is 0 Å². The average molecular weight is 471 g/mol. The molecule has 7 nitrogen and oxygen atoms in total. The first-order valence-corrected chi connectivity index (χ1v) is 11.5. The number of benzene rings is 3. The summed E-state index contributed by atoms with van der Waals surface area (Å²) in [6, 6.07) is 21.6.